The quantitative estimate of drug-likeness (QED) is 0.391. The Morgan fingerprint density at radius 2 is 2.20 bits per heavy atom. The van der Waals surface area contributed by atoms with Gasteiger partial charge in [0.15, 0.2) is 0 Å². The highest BCUT2D eigenvalue weighted by Crippen LogP contribution is 2.20. The number of carbonyl (C=O) groups excluding carboxylic acids is 1. The first-order valence-corrected chi connectivity index (χ1v) is 6.10. The summed E-state index contributed by atoms with van der Waals surface area (Å²) in [7, 11) is 1.51. The van der Waals surface area contributed by atoms with Crippen molar-refractivity contribution in [3.63, 3.8) is 0 Å². The molecule has 0 radical (unpaired) electrons. The summed E-state index contributed by atoms with van der Waals surface area (Å²) in [4.78, 5) is 14.8. The first-order chi connectivity index (χ1) is 9.76. The minimum atomic E-state index is -0.644. The van der Waals surface area contributed by atoms with Gasteiger partial charge in [0.25, 0.3) is 0 Å². The Labute approximate surface area is 116 Å². The number of nitrogens with one attached hydrogen (secondary N) is 1. The monoisotopic (exact) mass is 270 g/mol. The van der Waals surface area contributed by atoms with E-state index < -0.39 is 5.97 Å². The van der Waals surface area contributed by atoms with Crippen molar-refractivity contribution in [1.82, 2.24) is 4.98 Å². The van der Waals surface area contributed by atoms with Gasteiger partial charge < -0.3 is 14.5 Å². The molecule has 2 aromatic rings. The number of aromatic amines is 1. The van der Waals surface area contributed by atoms with Gasteiger partial charge in [-0.3, -0.25) is 0 Å². The Hall–Kier alpha value is -2.58. The summed E-state index contributed by atoms with van der Waals surface area (Å²) in [6.07, 6.45) is 3.28. The summed E-state index contributed by atoms with van der Waals surface area (Å²) in [5, 5.41) is 10.0. The van der Waals surface area contributed by atoms with Gasteiger partial charge in [0.2, 0.25) is 0 Å². The van der Waals surface area contributed by atoms with Gasteiger partial charge in [-0.1, -0.05) is 18.2 Å². The molecule has 0 aliphatic heterocycles. The minimum Gasteiger partial charge on any atom is -0.459 e. The zero-order valence-electron chi connectivity index (χ0n) is 11.1. The summed E-state index contributed by atoms with van der Waals surface area (Å²) < 4.78 is 9.72. The van der Waals surface area contributed by atoms with Gasteiger partial charge in [0.05, 0.1) is 6.61 Å². The van der Waals surface area contributed by atoms with Gasteiger partial charge in [-0.15, -0.1) is 0 Å². The van der Waals surface area contributed by atoms with E-state index in [0.717, 1.165) is 16.5 Å². The molecule has 5 nitrogen and oxygen atoms in total. The number of esters is 1. The maximum atomic E-state index is 11.7. The number of hydrogen-bond donors (Lipinski definition) is 1. The van der Waals surface area contributed by atoms with Gasteiger partial charge in [0.1, 0.15) is 18.2 Å². The third-order valence-electron chi connectivity index (χ3n) is 2.78. The fraction of sp³-hybridized carbons (Fsp3) is 0.200. The molecule has 0 fully saturated rings. The number of nitriles is 1. The van der Waals surface area contributed by atoms with Crippen molar-refractivity contribution in [3.8, 4) is 6.07 Å². The highest BCUT2D eigenvalue weighted by atomic mass is 16.6. The number of nitrogens with zero attached hydrogens (tertiary/aromatic N) is 1. The summed E-state index contributed by atoms with van der Waals surface area (Å²) in [6.45, 7) is 0.430. The lowest BCUT2D eigenvalue weighted by atomic mass is 10.1. The van der Waals surface area contributed by atoms with E-state index in [1.165, 1.54) is 13.2 Å². The standard InChI is InChI=1S/C15H14N2O3/c1-19-6-7-20-15(18)11(9-16)8-12-10-17-14-5-3-2-4-13(12)14/h2-5,8,10,17H,6-7H2,1H3/b11-8+. The second-order valence-electron chi connectivity index (χ2n) is 4.09. The molecule has 2 rings (SSSR count). The fourth-order valence-electron chi connectivity index (χ4n) is 1.80. The number of rotatable bonds is 5. The van der Waals surface area contributed by atoms with E-state index in [-0.39, 0.29) is 12.2 Å². The average Bonchev–Trinajstić information content (AvgIpc) is 2.88. The molecule has 0 bridgehead atoms. The molecule has 20 heavy (non-hydrogen) atoms. The number of aromatic nitrogens is 1. The molecule has 1 heterocycles. The normalized spacial score (nSPS) is 11.3. The average molecular weight is 270 g/mol. The lowest BCUT2D eigenvalue weighted by Gasteiger charge is -2.02. The van der Waals surface area contributed by atoms with Gasteiger partial charge in [-0.25, -0.2) is 4.79 Å². The summed E-state index contributed by atoms with van der Waals surface area (Å²) in [6, 6.07) is 9.52. The molecule has 0 aliphatic rings. The summed E-state index contributed by atoms with van der Waals surface area (Å²) in [5.74, 6) is -0.644. The van der Waals surface area contributed by atoms with Crippen LogP contribution >= 0.6 is 0 Å². The van der Waals surface area contributed by atoms with Gasteiger partial charge in [-0.05, 0) is 12.1 Å². The topological polar surface area (TPSA) is 75.1 Å². The molecule has 102 valence electrons. The SMILES string of the molecule is COCCOC(=O)/C(C#N)=C/c1c[nH]c2ccccc12. The van der Waals surface area contributed by atoms with Gasteiger partial charge >= 0.3 is 5.97 Å². The van der Waals surface area contributed by atoms with Crippen molar-refractivity contribution in [2.75, 3.05) is 20.3 Å². The van der Waals surface area contributed by atoms with Crippen molar-refractivity contribution in [2.45, 2.75) is 0 Å². The lowest BCUT2D eigenvalue weighted by molar-refractivity contribution is -0.139. The molecular formula is C15H14N2O3. The second kappa shape index (κ2) is 6.55. The van der Waals surface area contributed by atoms with Crippen LogP contribution in [0.15, 0.2) is 36.0 Å². The van der Waals surface area contributed by atoms with Crippen LogP contribution in [0.4, 0.5) is 0 Å². The van der Waals surface area contributed by atoms with E-state index in [4.69, 9.17) is 14.7 Å². The number of ether oxygens (including phenoxy) is 2. The van der Waals surface area contributed by atoms with E-state index >= 15 is 0 Å². The minimum absolute atomic E-state index is 0.0362. The molecule has 0 spiro atoms. The first kappa shape index (κ1) is 13.8. The Morgan fingerprint density at radius 3 is 2.95 bits per heavy atom. The third-order valence-corrected chi connectivity index (χ3v) is 2.78. The highest BCUT2D eigenvalue weighted by Gasteiger charge is 2.11. The summed E-state index contributed by atoms with van der Waals surface area (Å²) >= 11 is 0. The van der Waals surface area contributed by atoms with Crippen molar-refractivity contribution in [1.29, 1.82) is 5.26 Å². The smallest absolute Gasteiger partial charge is 0.348 e. The summed E-state index contributed by atoms with van der Waals surface area (Å²) in [5.41, 5.74) is 1.69. The fourth-order valence-corrected chi connectivity index (χ4v) is 1.80. The number of carbonyl (C=O) groups is 1. The number of H-pyrrole nitrogens is 1. The van der Waals surface area contributed by atoms with Crippen LogP contribution in [0, 0.1) is 11.3 Å². The van der Waals surface area contributed by atoms with Crippen LogP contribution in [-0.4, -0.2) is 31.3 Å². The van der Waals surface area contributed by atoms with Crippen LogP contribution in [0.1, 0.15) is 5.56 Å². The van der Waals surface area contributed by atoms with Crippen LogP contribution in [0.5, 0.6) is 0 Å². The zero-order valence-corrected chi connectivity index (χ0v) is 11.1. The Bertz CT molecular complexity index is 680. The van der Waals surface area contributed by atoms with Crippen molar-refractivity contribution in [2.24, 2.45) is 0 Å². The van der Waals surface area contributed by atoms with E-state index in [9.17, 15) is 4.79 Å². The molecule has 0 amide bonds. The number of para-hydroxylation sites is 1. The molecular weight excluding hydrogens is 256 g/mol. The van der Waals surface area contributed by atoms with E-state index in [0.29, 0.717) is 6.61 Å². The predicted octanol–water partition coefficient (Wildman–Crippen LogP) is 2.26. The molecule has 5 heteroatoms. The van der Waals surface area contributed by atoms with Crippen LogP contribution in [-0.2, 0) is 14.3 Å². The zero-order chi connectivity index (χ0) is 14.4. The first-order valence-electron chi connectivity index (χ1n) is 6.10. The maximum Gasteiger partial charge on any atom is 0.348 e. The largest absolute Gasteiger partial charge is 0.459 e. The molecule has 0 saturated carbocycles. The molecule has 0 saturated heterocycles. The molecule has 0 aliphatic carbocycles. The number of hydrogen-bond acceptors (Lipinski definition) is 4. The maximum absolute atomic E-state index is 11.7. The molecule has 1 aromatic heterocycles. The second-order valence-corrected chi connectivity index (χ2v) is 4.09. The molecule has 0 atom stereocenters. The van der Waals surface area contributed by atoms with Crippen LogP contribution in [0.3, 0.4) is 0 Å². The third kappa shape index (κ3) is 3.05. The van der Waals surface area contributed by atoms with Crippen LogP contribution in [0.25, 0.3) is 17.0 Å². The molecule has 1 N–H and O–H groups in total. The van der Waals surface area contributed by atoms with Crippen LogP contribution in [0.2, 0.25) is 0 Å². The van der Waals surface area contributed by atoms with Crippen molar-refractivity contribution in [3.05, 3.63) is 41.6 Å². The van der Waals surface area contributed by atoms with Crippen molar-refractivity contribution < 1.29 is 14.3 Å². The van der Waals surface area contributed by atoms with E-state index in [1.807, 2.05) is 30.3 Å². The molecule has 1 aromatic carbocycles. The van der Waals surface area contributed by atoms with Gasteiger partial charge in [-0.2, -0.15) is 5.26 Å². The number of methoxy groups -OCH3 is 1. The highest BCUT2D eigenvalue weighted by molar-refractivity contribution is 6.01. The van der Waals surface area contributed by atoms with E-state index in [2.05, 4.69) is 4.98 Å². The number of fused-ring (bicyclic) bond motifs is 1. The Balaban J connectivity index is 2.23. The molecule has 0 unspecified atom stereocenters. The Kier molecular flexibility index (Phi) is 4.53. The van der Waals surface area contributed by atoms with Crippen LogP contribution < -0.4 is 0 Å². The number of benzene rings is 1. The Morgan fingerprint density at radius 1 is 1.40 bits per heavy atom. The predicted molar refractivity (Wildman–Crippen MR) is 74.7 cm³/mol. The van der Waals surface area contributed by atoms with Crippen molar-refractivity contribution >= 4 is 22.9 Å². The van der Waals surface area contributed by atoms with Gasteiger partial charge in [0, 0.05) is 29.8 Å². The van der Waals surface area contributed by atoms with E-state index in [1.54, 1.807) is 6.20 Å². The lowest BCUT2D eigenvalue weighted by Crippen LogP contribution is -2.11.